The van der Waals surface area contributed by atoms with Crippen molar-refractivity contribution in [2.24, 2.45) is 5.92 Å². The van der Waals surface area contributed by atoms with E-state index in [4.69, 9.17) is 39.1 Å². The normalized spacial score (nSPS) is 14.3. The predicted octanol–water partition coefficient (Wildman–Crippen LogP) is 5.22. The molecule has 3 heterocycles. The Morgan fingerprint density at radius 3 is 2.51 bits per heavy atom. The Morgan fingerprint density at radius 2 is 1.89 bits per heavy atom. The van der Waals surface area contributed by atoms with Gasteiger partial charge in [0.15, 0.2) is 0 Å². The van der Waals surface area contributed by atoms with Crippen LogP contribution in [0.1, 0.15) is 48.9 Å². The van der Waals surface area contributed by atoms with Gasteiger partial charge in [0, 0.05) is 54.1 Å². The van der Waals surface area contributed by atoms with Crippen molar-refractivity contribution in [2.75, 3.05) is 23.7 Å². The lowest BCUT2D eigenvalue weighted by Gasteiger charge is -2.38. The topological polar surface area (TPSA) is 132 Å². The summed E-state index contributed by atoms with van der Waals surface area (Å²) in [5, 5.41) is 29.7. The smallest absolute Gasteiger partial charge is 0.146 e. The van der Waals surface area contributed by atoms with E-state index >= 15 is 0 Å². The Kier molecular flexibility index (Phi) is 7.88. The number of benzene rings is 1. The fraction of sp³-hybridized carbons (Fsp3) is 0.333. The number of aliphatic hydroxyl groups is 1. The zero-order chi connectivity index (χ0) is 26.7. The molecular formula is C27H28Cl2N6O2. The van der Waals surface area contributed by atoms with Gasteiger partial charge < -0.3 is 20.5 Å². The number of ether oxygens (including phenoxy) is 1. The summed E-state index contributed by atoms with van der Waals surface area (Å²) in [6.45, 7) is 5.19. The summed E-state index contributed by atoms with van der Waals surface area (Å²) in [4.78, 5) is 10.5. The highest BCUT2D eigenvalue weighted by molar-refractivity contribution is 6.35. The molecule has 4 rings (SSSR count). The molecule has 1 saturated heterocycles. The average molecular weight is 539 g/mol. The highest BCUT2D eigenvalue weighted by Crippen LogP contribution is 2.32. The highest BCUT2D eigenvalue weighted by Gasteiger charge is 2.31. The maximum Gasteiger partial charge on any atom is 0.146 e. The molecule has 37 heavy (non-hydrogen) atoms. The first-order chi connectivity index (χ1) is 17.6. The first kappa shape index (κ1) is 26.7. The van der Waals surface area contributed by atoms with Crippen molar-refractivity contribution >= 4 is 40.4 Å². The third-order valence-corrected chi connectivity index (χ3v) is 7.35. The second-order valence-corrected chi connectivity index (χ2v) is 10.4. The summed E-state index contributed by atoms with van der Waals surface area (Å²) in [5.41, 5.74) is 7.89. The van der Waals surface area contributed by atoms with E-state index in [0.717, 1.165) is 12.8 Å². The fourth-order valence-electron chi connectivity index (χ4n) is 4.45. The van der Waals surface area contributed by atoms with Gasteiger partial charge in [0.05, 0.1) is 26.9 Å². The molecule has 3 aromatic rings. The van der Waals surface area contributed by atoms with Crippen molar-refractivity contribution in [3.05, 3.63) is 75.2 Å². The van der Waals surface area contributed by atoms with Gasteiger partial charge in [-0.2, -0.15) is 5.26 Å². The number of nitriles is 1. The van der Waals surface area contributed by atoms with E-state index in [2.05, 4.69) is 20.9 Å². The molecule has 0 bridgehead atoms. The van der Waals surface area contributed by atoms with Crippen LogP contribution in [0.3, 0.4) is 0 Å². The molecular weight excluding hydrogens is 511 g/mol. The Hall–Kier alpha value is -3.38. The molecule has 0 spiro atoms. The number of rotatable bonds is 7. The van der Waals surface area contributed by atoms with Crippen molar-refractivity contribution in [1.29, 1.82) is 10.7 Å². The summed E-state index contributed by atoms with van der Waals surface area (Å²) < 4.78 is 5.87. The monoisotopic (exact) mass is 538 g/mol. The number of nitrogens with zero attached hydrogens (tertiary/aromatic N) is 4. The van der Waals surface area contributed by atoms with Crippen LogP contribution in [0.15, 0.2) is 42.9 Å². The zero-order valence-corrected chi connectivity index (χ0v) is 22.1. The van der Waals surface area contributed by atoms with Crippen LogP contribution in [-0.2, 0) is 6.61 Å². The van der Waals surface area contributed by atoms with Crippen LogP contribution in [0, 0.1) is 22.7 Å². The highest BCUT2D eigenvalue weighted by atomic mass is 35.5. The van der Waals surface area contributed by atoms with E-state index in [1.165, 1.54) is 12.4 Å². The van der Waals surface area contributed by atoms with Crippen LogP contribution in [0.5, 0.6) is 5.75 Å². The zero-order valence-electron chi connectivity index (χ0n) is 20.6. The lowest BCUT2D eigenvalue weighted by Crippen LogP contribution is -2.42. The van der Waals surface area contributed by atoms with Crippen LogP contribution >= 0.6 is 23.2 Å². The van der Waals surface area contributed by atoms with Crippen molar-refractivity contribution in [3.8, 4) is 11.8 Å². The largest absolute Gasteiger partial charge is 0.489 e. The Balaban J connectivity index is 1.53. The minimum absolute atomic E-state index is 0.121. The molecule has 0 aliphatic carbocycles. The van der Waals surface area contributed by atoms with E-state index in [9.17, 15) is 10.4 Å². The molecule has 0 atom stereocenters. The number of nitrogens with two attached hydrogens (primary N) is 1. The number of aromatic nitrogens is 2. The summed E-state index contributed by atoms with van der Waals surface area (Å²) in [7, 11) is 0. The van der Waals surface area contributed by atoms with E-state index in [0.29, 0.717) is 62.6 Å². The van der Waals surface area contributed by atoms with Crippen LogP contribution < -0.4 is 15.4 Å². The maximum atomic E-state index is 10.3. The molecule has 1 aromatic carbocycles. The first-order valence-electron chi connectivity index (χ1n) is 11.9. The van der Waals surface area contributed by atoms with Gasteiger partial charge in [0.25, 0.3) is 0 Å². The molecule has 4 N–H and O–H groups in total. The maximum absolute atomic E-state index is 10.3. The molecule has 0 unspecified atom stereocenters. The number of piperidine rings is 1. The molecule has 1 aliphatic rings. The third kappa shape index (κ3) is 5.96. The number of hydrogen-bond donors (Lipinski definition) is 3. The second kappa shape index (κ2) is 10.9. The summed E-state index contributed by atoms with van der Waals surface area (Å²) in [5.74, 6) is 1.27. The standard InChI is InChI=1S/C27H28Cl2N6O2/c1-27(2,36)18-5-7-35(8-6-18)26-16(11-30)9-17(12-34-26)25(32)20-10-19(3-4-24(20)31)37-15-21-22(28)13-33-14-23(21)29/h3-4,9-10,12-14,18,32,36H,5-8,15,31H2,1-2H3. The molecule has 8 nitrogen and oxygen atoms in total. The van der Waals surface area contributed by atoms with Gasteiger partial charge in [-0.3, -0.25) is 10.4 Å². The van der Waals surface area contributed by atoms with Crippen molar-refractivity contribution in [2.45, 2.75) is 38.9 Å². The third-order valence-electron chi connectivity index (χ3n) is 6.70. The van der Waals surface area contributed by atoms with Crippen molar-refractivity contribution in [1.82, 2.24) is 9.97 Å². The molecule has 1 aliphatic heterocycles. The molecule has 0 amide bonds. The van der Waals surface area contributed by atoms with Crippen LogP contribution in [0.25, 0.3) is 0 Å². The van der Waals surface area contributed by atoms with Gasteiger partial charge in [0.2, 0.25) is 0 Å². The number of nitrogen functional groups attached to an aromatic ring is 1. The fourth-order valence-corrected chi connectivity index (χ4v) is 4.93. The van der Waals surface area contributed by atoms with Gasteiger partial charge in [-0.05, 0) is 56.9 Å². The van der Waals surface area contributed by atoms with E-state index in [-0.39, 0.29) is 18.2 Å². The van der Waals surface area contributed by atoms with Gasteiger partial charge >= 0.3 is 0 Å². The Labute approximate surface area is 226 Å². The summed E-state index contributed by atoms with van der Waals surface area (Å²) in [6.07, 6.45) is 6.20. The lowest BCUT2D eigenvalue weighted by molar-refractivity contribution is 0.00645. The molecule has 0 saturated carbocycles. The minimum atomic E-state index is -0.731. The van der Waals surface area contributed by atoms with E-state index in [1.807, 2.05) is 13.8 Å². The van der Waals surface area contributed by atoms with Crippen LogP contribution in [0.4, 0.5) is 11.5 Å². The molecule has 10 heteroatoms. The first-order valence-corrected chi connectivity index (χ1v) is 12.6. The minimum Gasteiger partial charge on any atom is -0.489 e. The lowest BCUT2D eigenvalue weighted by atomic mass is 9.83. The number of hydrogen-bond acceptors (Lipinski definition) is 8. The predicted molar refractivity (Wildman–Crippen MR) is 146 cm³/mol. The molecule has 2 aromatic heterocycles. The Bertz CT molecular complexity index is 1340. The second-order valence-electron chi connectivity index (χ2n) is 9.62. The molecule has 192 valence electrons. The van der Waals surface area contributed by atoms with Crippen molar-refractivity contribution < 1.29 is 9.84 Å². The summed E-state index contributed by atoms with van der Waals surface area (Å²) in [6, 6.07) is 8.92. The van der Waals surface area contributed by atoms with Crippen LogP contribution in [0.2, 0.25) is 10.0 Å². The molecule has 0 radical (unpaired) electrons. The summed E-state index contributed by atoms with van der Waals surface area (Å²) >= 11 is 12.4. The van der Waals surface area contributed by atoms with E-state index < -0.39 is 5.60 Å². The number of anilines is 2. The quantitative estimate of drug-likeness (QED) is 0.277. The van der Waals surface area contributed by atoms with E-state index in [1.54, 1.807) is 30.5 Å². The van der Waals surface area contributed by atoms with Crippen LogP contribution in [-0.4, -0.2) is 39.5 Å². The number of halogens is 2. The SMILES string of the molecule is CC(C)(O)C1CCN(c2ncc(C(=N)c3cc(OCc4c(Cl)cncc4Cl)ccc3N)cc2C#N)CC1. The Morgan fingerprint density at radius 1 is 1.22 bits per heavy atom. The van der Waals surface area contributed by atoms with Gasteiger partial charge in [0.1, 0.15) is 24.2 Å². The van der Waals surface area contributed by atoms with Crippen molar-refractivity contribution in [3.63, 3.8) is 0 Å². The average Bonchev–Trinajstić information content (AvgIpc) is 2.88. The van der Waals surface area contributed by atoms with Gasteiger partial charge in [-0.25, -0.2) is 4.98 Å². The van der Waals surface area contributed by atoms with Gasteiger partial charge in [-0.1, -0.05) is 23.2 Å². The number of pyridine rings is 2. The van der Waals surface area contributed by atoms with Gasteiger partial charge in [-0.15, -0.1) is 0 Å². The number of nitrogens with one attached hydrogen (secondary N) is 1. The molecule has 1 fully saturated rings.